The molecule has 1 saturated heterocycles. The number of hydrogen-bond donors (Lipinski definition) is 2. The summed E-state index contributed by atoms with van der Waals surface area (Å²) in [5.74, 6) is -2.27. The Bertz CT molecular complexity index is 841. The molecule has 2 aromatic carbocycles. The van der Waals surface area contributed by atoms with Crippen molar-refractivity contribution in [2.75, 3.05) is 32.8 Å². The fraction of sp³-hybridized carbons (Fsp3) is 0.333. The zero-order valence-electron chi connectivity index (χ0n) is 14.1. The third-order valence-corrected chi connectivity index (χ3v) is 5.86. The molecule has 0 saturated carbocycles. The molecule has 0 spiro atoms. The molecule has 0 radical (unpaired) electrons. The summed E-state index contributed by atoms with van der Waals surface area (Å²) in [5, 5.41) is 0. The maximum absolute atomic E-state index is 13.5. The Balaban J connectivity index is 1.85. The Labute approximate surface area is 151 Å². The van der Waals surface area contributed by atoms with Crippen molar-refractivity contribution in [3.63, 3.8) is 0 Å². The van der Waals surface area contributed by atoms with Crippen molar-refractivity contribution in [2.24, 2.45) is 0 Å². The maximum atomic E-state index is 13.5. The van der Waals surface area contributed by atoms with Gasteiger partial charge in [0.2, 0.25) is 10.0 Å². The van der Waals surface area contributed by atoms with Gasteiger partial charge in [-0.15, -0.1) is 0 Å². The summed E-state index contributed by atoms with van der Waals surface area (Å²) in [6.45, 7) is 3.38. The zero-order valence-corrected chi connectivity index (χ0v) is 14.9. The zero-order chi connectivity index (χ0) is 18.6. The molecule has 1 fully saturated rings. The van der Waals surface area contributed by atoms with Gasteiger partial charge in [0.25, 0.3) is 0 Å². The highest BCUT2D eigenvalue weighted by molar-refractivity contribution is 7.89. The van der Waals surface area contributed by atoms with E-state index in [9.17, 15) is 17.2 Å². The molecule has 26 heavy (non-hydrogen) atoms. The lowest BCUT2D eigenvalue weighted by molar-refractivity contribution is -0.909. The van der Waals surface area contributed by atoms with E-state index in [2.05, 4.69) is 4.72 Å². The van der Waals surface area contributed by atoms with Crippen LogP contribution in [0.1, 0.15) is 11.6 Å². The molecule has 2 N–H and O–H groups in total. The number of quaternary nitrogens is 1. The van der Waals surface area contributed by atoms with Crippen molar-refractivity contribution in [2.45, 2.75) is 10.9 Å². The van der Waals surface area contributed by atoms with Gasteiger partial charge in [-0.2, -0.15) is 4.72 Å². The van der Waals surface area contributed by atoms with Crippen LogP contribution in [0.5, 0.6) is 0 Å². The number of halogens is 2. The summed E-state index contributed by atoms with van der Waals surface area (Å²) in [5.41, 5.74) is 0.817. The van der Waals surface area contributed by atoms with Gasteiger partial charge in [-0.25, -0.2) is 17.2 Å². The van der Waals surface area contributed by atoms with Crippen LogP contribution in [-0.4, -0.2) is 41.3 Å². The average molecular weight is 383 g/mol. The summed E-state index contributed by atoms with van der Waals surface area (Å²) in [4.78, 5) is 0.924. The first-order valence-electron chi connectivity index (χ1n) is 8.39. The predicted molar refractivity (Wildman–Crippen MR) is 92.2 cm³/mol. The second-order valence-electron chi connectivity index (χ2n) is 6.23. The molecule has 1 heterocycles. The minimum atomic E-state index is -4.00. The lowest BCUT2D eigenvalue weighted by atomic mass is 10.1. The van der Waals surface area contributed by atoms with E-state index in [1.807, 2.05) is 30.3 Å². The fourth-order valence-electron chi connectivity index (χ4n) is 2.97. The number of sulfonamides is 1. The van der Waals surface area contributed by atoms with Gasteiger partial charge in [-0.3, -0.25) is 0 Å². The van der Waals surface area contributed by atoms with Crippen molar-refractivity contribution in [1.29, 1.82) is 0 Å². The second-order valence-corrected chi connectivity index (χ2v) is 7.94. The van der Waals surface area contributed by atoms with Gasteiger partial charge >= 0.3 is 0 Å². The van der Waals surface area contributed by atoms with Gasteiger partial charge in [0.05, 0.1) is 30.7 Å². The van der Waals surface area contributed by atoms with Gasteiger partial charge in [-0.05, 0) is 23.8 Å². The van der Waals surface area contributed by atoms with E-state index in [0.717, 1.165) is 30.8 Å². The van der Waals surface area contributed by atoms with Gasteiger partial charge in [0.15, 0.2) is 11.6 Å². The molecule has 2 aromatic rings. The summed E-state index contributed by atoms with van der Waals surface area (Å²) in [6.07, 6.45) is 0. The molecular weight excluding hydrogens is 362 g/mol. The largest absolute Gasteiger partial charge is 0.370 e. The number of benzene rings is 2. The van der Waals surface area contributed by atoms with Crippen LogP contribution >= 0.6 is 0 Å². The quantitative estimate of drug-likeness (QED) is 0.779. The van der Waals surface area contributed by atoms with Crippen LogP contribution in [0.4, 0.5) is 8.78 Å². The van der Waals surface area contributed by atoms with E-state index in [-0.39, 0.29) is 4.90 Å². The van der Waals surface area contributed by atoms with Crippen molar-refractivity contribution >= 4 is 10.0 Å². The predicted octanol–water partition coefficient (Wildman–Crippen LogP) is 0.900. The van der Waals surface area contributed by atoms with Gasteiger partial charge in [0.1, 0.15) is 13.1 Å². The third kappa shape index (κ3) is 4.64. The Morgan fingerprint density at radius 3 is 2.38 bits per heavy atom. The third-order valence-electron chi connectivity index (χ3n) is 4.39. The average Bonchev–Trinajstić information content (AvgIpc) is 2.65. The standard InChI is InChI=1S/C18H20F2N2O3S/c19-16-7-6-15(12-17(16)20)26(23,24)21-18(14-4-2-1-3-5-14)13-22-8-10-25-11-9-22/h1-7,12,18,21H,8-11,13H2/p+1/t18-/m0/s1. The van der Waals surface area contributed by atoms with Gasteiger partial charge in [-0.1, -0.05) is 30.3 Å². The van der Waals surface area contributed by atoms with Crippen molar-refractivity contribution in [3.05, 3.63) is 65.7 Å². The van der Waals surface area contributed by atoms with E-state index in [1.54, 1.807) is 0 Å². The maximum Gasteiger partial charge on any atom is 0.241 e. The first-order valence-corrected chi connectivity index (χ1v) is 9.88. The molecule has 1 aliphatic rings. The first-order chi connectivity index (χ1) is 12.5. The smallest absolute Gasteiger partial charge is 0.241 e. The topological polar surface area (TPSA) is 59.8 Å². The van der Waals surface area contributed by atoms with Crippen LogP contribution in [0.2, 0.25) is 0 Å². The van der Waals surface area contributed by atoms with Gasteiger partial charge in [0, 0.05) is 0 Å². The lowest BCUT2D eigenvalue weighted by Crippen LogP contribution is -3.14. The number of rotatable bonds is 6. The van der Waals surface area contributed by atoms with Crippen LogP contribution in [0, 0.1) is 11.6 Å². The van der Waals surface area contributed by atoms with Crippen molar-refractivity contribution in [3.8, 4) is 0 Å². The Morgan fingerprint density at radius 2 is 1.73 bits per heavy atom. The van der Waals surface area contributed by atoms with Crippen LogP contribution in [-0.2, 0) is 14.8 Å². The molecule has 1 aliphatic heterocycles. The van der Waals surface area contributed by atoms with Crippen LogP contribution < -0.4 is 9.62 Å². The summed E-state index contributed by atoms with van der Waals surface area (Å²) in [7, 11) is -4.00. The van der Waals surface area contributed by atoms with Crippen molar-refractivity contribution in [1.82, 2.24) is 4.72 Å². The second kappa shape index (κ2) is 8.22. The number of morpholine rings is 1. The minimum absolute atomic E-state index is 0.297. The molecule has 5 nitrogen and oxygen atoms in total. The molecule has 0 aromatic heterocycles. The van der Waals surface area contributed by atoms with Crippen LogP contribution in [0.15, 0.2) is 53.4 Å². The number of ether oxygens (including phenoxy) is 1. The van der Waals surface area contributed by atoms with E-state index in [0.29, 0.717) is 25.8 Å². The Kier molecular flexibility index (Phi) is 5.98. The van der Waals surface area contributed by atoms with E-state index in [1.165, 1.54) is 4.90 Å². The number of nitrogens with one attached hydrogen (secondary N) is 2. The number of hydrogen-bond acceptors (Lipinski definition) is 3. The minimum Gasteiger partial charge on any atom is -0.370 e. The fourth-order valence-corrected chi connectivity index (χ4v) is 4.20. The highest BCUT2D eigenvalue weighted by Crippen LogP contribution is 2.18. The van der Waals surface area contributed by atoms with E-state index < -0.39 is 27.7 Å². The summed E-state index contributed by atoms with van der Waals surface area (Å²) >= 11 is 0. The normalized spacial score (nSPS) is 17.2. The molecule has 0 unspecified atom stereocenters. The molecular formula is C18H21F2N2O3S+. The lowest BCUT2D eigenvalue weighted by Gasteiger charge is -2.28. The van der Waals surface area contributed by atoms with E-state index in [4.69, 9.17) is 4.74 Å². The van der Waals surface area contributed by atoms with Crippen LogP contribution in [0.25, 0.3) is 0 Å². The first kappa shape index (κ1) is 18.9. The monoisotopic (exact) mass is 383 g/mol. The SMILES string of the molecule is O=S(=O)(N[C@@H](C[NH+]1CCOCC1)c1ccccc1)c1ccc(F)c(F)c1. The summed E-state index contributed by atoms with van der Waals surface area (Å²) < 4.78 is 59.9. The van der Waals surface area contributed by atoms with E-state index >= 15 is 0 Å². The molecule has 0 bridgehead atoms. The highest BCUT2D eigenvalue weighted by Gasteiger charge is 2.27. The summed E-state index contributed by atoms with van der Waals surface area (Å²) in [6, 6.07) is 11.3. The molecule has 8 heteroatoms. The molecule has 0 aliphatic carbocycles. The molecule has 140 valence electrons. The molecule has 0 amide bonds. The van der Waals surface area contributed by atoms with Crippen molar-refractivity contribution < 1.29 is 26.8 Å². The molecule has 3 rings (SSSR count). The highest BCUT2D eigenvalue weighted by atomic mass is 32.2. The Morgan fingerprint density at radius 1 is 1.04 bits per heavy atom. The van der Waals surface area contributed by atoms with Gasteiger partial charge < -0.3 is 9.64 Å². The molecule has 1 atom stereocenters. The van der Waals surface area contributed by atoms with Crippen LogP contribution in [0.3, 0.4) is 0 Å². The Hall–Kier alpha value is -1.87.